The number of aryl methyl sites for hydroxylation is 1. The van der Waals surface area contributed by atoms with Crippen molar-refractivity contribution in [2.24, 2.45) is 7.05 Å². The fourth-order valence-corrected chi connectivity index (χ4v) is 4.04. The lowest BCUT2D eigenvalue weighted by Gasteiger charge is -2.26. The molecule has 0 N–H and O–H groups in total. The number of aromatic nitrogens is 2. The van der Waals surface area contributed by atoms with Crippen molar-refractivity contribution >= 4 is 5.91 Å². The molecule has 3 heterocycles. The highest BCUT2D eigenvalue weighted by molar-refractivity contribution is 5.92. The molecule has 1 atom stereocenters. The minimum Gasteiger partial charge on any atom is -0.337 e. The zero-order valence-corrected chi connectivity index (χ0v) is 14.8. The van der Waals surface area contributed by atoms with Gasteiger partial charge in [0.1, 0.15) is 0 Å². The maximum Gasteiger partial charge on any atom is 0.274 e. The Morgan fingerprint density at radius 1 is 1.13 bits per heavy atom. The number of rotatable bonds is 3. The number of amides is 1. The summed E-state index contributed by atoms with van der Waals surface area (Å²) in [6.07, 6.45) is 6.12. The van der Waals surface area contributed by atoms with Crippen LogP contribution in [0.3, 0.4) is 0 Å². The van der Waals surface area contributed by atoms with Crippen LogP contribution in [0.2, 0.25) is 0 Å². The molecule has 0 radical (unpaired) electrons. The van der Waals surface area contributed by atoms with Gasteiger partial charge in [-0.25, -0.2) is 0 Å². The summed E-state index contributed by atoms with van der Waals surface area (Å²) in [5.74, 6) is 0.493. The Kier molecular flexibility index (Phi) is 5.05. The van der Waals surface area contributed by atoms with E-state index in [1.54, 1.807) is 0 Å². The van der Waals surface area contributed by atoms with E-state index >= 15 is 0 Å². The van der Waals surface area contributed by atoms with E-state index in [4.69, 9.17) is 0 Å². The van der Waals surface area contributed by atoms with Gasteiger partial charge in [0.05, 0.1) is 0 Å². The van der Waals surface area contributed by atoms with Gasteiger partial charge < -0.3 is 9.80 Å². The first-order valence-corrected chi connectivity index (χ1v) is 9.13. The molecule has 0 aromatic carbocycles. The van der Waals surface area contributed by atoms with Gasteiger partial charge in [-0.1, -0.05) is 13.8 Å². The molecule has 3 rings (SSSR count). The molecule has 5 nitrogen and oxygen atoms in total. The lowest BCUT2D eigenvalue weighted by molar-refractivity contribution is 0.0751. The molecule has 2 saturated heterocycles. The van der Waals surface area contributed by atoms with E-state index < -0.39 is 0 Å². The number of hydrogen-bond acceptors (Lipinski definition) is 3. The second-order valence-electron chi connectivity index (χ2n) is 7.35. The number of hydrogen-bond donors (Lipinski definition) is 0. The molecular weight excluding hydrogens is 288 g/mol. The Hall–Kier alpha value is -1.36. The first-order valence-electron chi connectivity index (χ1n) is 9.13. The van der Waals surface area contributed by atoms with Crippen LogP contribution in [0.1, 0.15) is 68.1 Å². The van der Waals surface area contributed by atoms with Gasteiger partial charge >= 0.3 is 0 Å². The van der Waals surface area contributed by atoms with E-state index in [9.17, 15) is 4.79 Å². The zero-order valence-electron chi connectivity index (χ0n) is 14.8. The summed E-state index contributed by atoms with van der Waals surface area (Å²) >= 11 is 0. The molecule has 0 spiro atoms. The molecule has 2 aliphatic heterocycles. The largest absolute Gasteiger partial charge is 0.337 e. The fourth-order valence-electron chi connectivity index (χ4n) is 4.04. The summed E-state index contributed by atoms with van der Waals surface area (Å²) in [7, 11) is 1.93. The molecule has 1 aromatic heterocycles. The lowest BCUT2D eigenvalue weighted by Crippen LogP contribution is -2.35. The average Bonchev–Trinajstić information content (AvgIpc) is 3.11. The minimum absolute atomic E-state index is 0.106. The SMILES string of the molecule is CC(C)c1cc(C(=O)N2CCCC(N3CCCC3)CC2)nn1C. The smallest absolute Gasteiger partial charge is 0.274 e. The molecule has 5 heteroatoms. The molecule has 0 bridgehead atoms. The third-order valence-electron chi connectivity index (χ3n) is 5.37. The Labute approximate surface area is 139 Å². The van der Waals surface area contributed by atoms with Crippen LogP contribution in [0.5, 0.6) is 0 Å². The van der Waals surface area contributed by atoms with Gasteiger partial charge in [0.25, 0.3) is 5.91 Å². The van der Waals surface area contributed by atoms with Crippen LogP contribution in [0.4, 0.5) is 0 Å². The molecule has 128 valence electrons. The average molecular weight is 318 g/mol. The number of likely N-dealkylation sites (tertiary alicyclic amines) is 2. The summed E-state index contributed by atoms with van der Waals surface area (Å²) in [6, 6.07) is 2.64. The molecule has 2 aliphatic rings. The van der Waals surface area contributed by atoms with Gasteiger partial charge in [-0.05, 0) is 57.2 Å². The maximum atomic E-state index is 12.8. The van der Waals surface area contributed by atoms with E-state index in [0.717, 1.165) is 31.6 Å². The first kappa shape index (κ1) is 16.5. The zero-order chi connectivity index (χ0) is 16.4. The summed E-state index contributed by atoms with van der Waals surface area (Å²) in [5.41, 5.74) is 1.73. The van der Waals surface area contributed by atoms with Crippen LogP contribution in [0.15, 0.2) is 6.07 Å². The van der Waals surface area contributed by atoms with Gasteiger partial charge in [0.2, 0.25) is 0 Å². The van der Waals surface area contributed by atoms with Gasteiger partial charge in [-0.15, -0.1) is 0 Å². The number of carbonyl (C=O) groups excluding carboxylic acids is 1. The summed E-state index contributed by atoms with van der Waals surface area (Å²) in [4.78, 5) is 17.5. The summed E-state index contributed by atoms with van der Waals surface area (Å²) in [6.45, 7) is 8.51. The van der Waals surface area contributed by atoms with Gasteiger partial charge in [0.15, 0.2) is 5.69 Å². The second kappa shape index (κ2) is 7.04. The van der Waals surface area contributed by atoms with E-state index in [1.165, 1.54) is 32.4 Å². The fraction of sp³-hybridized carbons (Fsp3) is 0.778. The monoisotopic (exact) mass is 318 g/mol. The van der Waals surface area contributed by atoms with Crippen LogP contribution in [-0.2, 0) is 7.05 Å². The number of carbonyl (C=O) groups is 1. The van der Waals surface area contributed by atoms with E-state index in [1.807, 2.05) is 22.7 Å². The molecule has 1 aromatic rings. The Morgan fingerprint density at radius 3 is 2.52 bits per heavy atom. The van der Waals surface area contributed by atoms with Crippen LogP contribution in [-0.4, -0.2) is 57.7 Å². The molecule has 0 aliphatic carbocycles. The quantitative estimate of drug-likeness (QED) is 0.860. The van der Waals surface area contributed by atoms with Crippen molar-refractivity contribution < 1.29 is 4.79 Å². The minimum atomic E-state index is 0.106. The van der Waals surface area contributed by atoms with Crippen molar-refractivity contribution in [2.45, 2.75) is 57.9 Å². The molecule has 2 fully saturated rings. The van der Waals surface area contributed by atoms with Crippen molar-refractivity contribution in [3.05, 3.63) is 17.5 Å². The van der Waals surface area contributed by atoms with Gasteiger partial charge in [-0.3, -0.25) is 9.48 Å². The predicted octanol–water partition coefficient (Wildman–Crippen LogP) is 2.63. The third-order valence-corrected chi connectivity index (χ3v) is 5.37. The highest BCUT2D eigenvalue weighted by Gasteiger charge is 2.27. The lowest BCUT2D eigenvalue weighted by atomic mass is 10.1. The highest BCUT2D eigenvalue weighted by atomic mass is 16.2. The summed E-state index contributed by atoms with van der Waals surface area (Å²) in [5, 5.41) is 4.45. The van der Waals surface area contributed by atoms with Crippen LogP contribution >= 0.6 is 0 Å². The topological polar surface area (TPSA) is 41.4 Å². The third kappa shape index (κ3) is 3.60. The van der Waals surface area contributed by atoms with Gasteiger partial charge in [-0.2, -0.15) is 5.10 Å². The molecule has 23 heavy (non-hydrogen) atoms. The normalized spacial score (nSPS) is 23.5. The Bertz CT molecular complexity index is 545. The van der Waals surface area contributed by atoms with E-state index in [-0.39, 0.29) is 5.91 Å². The first-order chi connectivity index (χ1) is 11.1. The van der Waals surface area contributed by atoms with Crippen molar-refractivity contribution in [3.8, 4) is 0 Å². The van der Waals surface area contributed by atoms with E-state index in [2.05, 4.69) is 23.8 Å². The second-order valence-corrected chi connectivity index (χ2v) is 7.35. The maximum absolute atomic E-state index is 12.8. The van der Waals surface area contributed by atoms with Crippen molar-refractivity contribution in [3.63, 3.8) is 0 Å². The van der Waals surface area contributed by atoms with Crippen molar-refractivity contribution in [1.29, 1.82) is 0 Å². The Balaban J connectivity index is 1.64. The molecular formula is C18H30N4O. The standard InChI is InChI=1S/C18H30N4O/c1-14(2)17-13-16(19-20(17)3)18(23)22-11-6-7-15(8-12-22)21-9-4-5-10-21/h13-15H,4-12H2,1-3H3. The molecule has 1 unspecified atom stereocenters. The predicted molar refractivity (Wildman–Crippen MR) is 91.6 cm³/mol. The molecule has 1 amide bonds. The Morgan fingerprint density at radius 2 is 1.87 bits per heavy atom. The van der Waals surface area contributed by atoms with Crippen molar-refractivity contribution in [2.75, 3.05) is 26.2 Å². The number of nitrogens with zero attached hydrogens (tertiary/aromatic N) is 4. The van der Waals surface area contributed by atoms with Crippen LogP contribution < -0.4 is 0 Å². The molecule has 0 saturated carbocycles. The van der Waals surface area contributed by atoms with Gasteiger partial charge in [0, 0.05) is 31.9 Å². The van der Waals surface area contributed by atoms with Crippen LogP contribution in [0.25, 0.3) is 0 Å². The van der Waals surface area contributed by atoms with Crippen molar-refractivity contribution in [1.82, 2.24) is 19.6 Å². The highest BCUT2D eigenvalue weighted by Crippen LogP contribution is 2.22. The van der Waals surface area contributed by atoms with Crippen LogP contribution in [0, 0.1) is 0 Å². The summed E-state index contributed by atoms with van der Waals surface area (Å²) < 4.78 is 1.85. The van der Waals surface area contributed by atoms with E-state index in [0.29, 0.717) is 17.7 Å².